The fraction of sp³-hybridized carbons (Fsp3) is 1.00. The van der Waals surface area contributed by atoms with E-state index in [0.29, 0.717) is 5.41 Å². The molecule has 0 aromatic rings. The van der Waals surface area contributed by atoms with Crippen LogP contribution in [0.1, 0.15) is 52.4 Å². The Balaban J connectivity index is 1.96. The minimum Gasteiger partial charge on any atom is -0.392 e. The van der Waals surface area contributed by atoms with E-state index in [1.54, 1.807) is 0 Å². The minimum absolute atomic E-state index is 0.0917. The van der Waals surface area contributed by atoms with Gasteiger partial charge in [-0.2, -0.15) is 0 Å². The highest BCUT2D eigenvalue weighted by Crippen LogP contribution is 2.40. The number of rotatable bonds is 5. The Bertz CT molecular complexity index is 271. The third-order valence-corrected chi connectivity index (χ3v) is 4.98. The van der Waals surface area contributed by atoms with Crippen molar-refractivity contribution in [1.82, 2.24) is 10.2 Å². The molecule has 1 aliphatic heterocycles. The summed E-state index contributed by atoms with van der Waals surface area (Å²) in [5, 5.41) is 13.5. The lowest BCUT2D eigenvalue weighted by atomic mass is 9.69. The van der Waals surface area contributed by atoms with Crippen molar-refractivity contribution in [3.8, 4) is 0 Å². The van der Waals surface area contributed by atoms with Gasteiger partial charge in [0, 0.05) is 19.6 Å². The van der Waals surface area contributed by atoms with Gasteiger partial charge in [0.25, 0.3) is 0 Å². The monoisotopic (exact) mass is 268 g/mol. The Morgan fingerprint density at radius 3 is 2.84 bits per heavy atom. The van der Waals surface area contributed by atoms with Crippen molar-refractivity contribution in [2.24, 2.45) is 11.3 Å². The first kappa shape index (κ1) is 15.3. The molecule has 3 atom stereocenters. The van der Waals surface area contributed by atoms with Gasteiger partial charge in [-0.15, -0.1) is 0 Å². The van der Waals surface area contributed by atoms with Crippen molar-refractivity contribution in [1.29, 1.82) is 0 Å². The van der Waals surface area contributed by atoms with E-state index < -0.39 is 0 Å². The van der Waals surface area contributed by atoms with Gasteiger partial charge in [-0.3, -0.25) is 0 Å². The molecule has 3 heteroatoms. The molecule has 0 radical (unpaired) electrons. The summed E-state index contributed by atoms with van der Waals surface area (Å²) in [5.74, 6) is 0.863. The minimum atomic E-state index is -0.0917. The number of hydrogen-bond acceptors (Lipinski definition) is 3. The van der Waals surface area contributed by atoms with Gasteiger partial charge >= 0.3 is 0 Å². The summed E-state index contributed by atoms with van der Waals surface area (Å²) in [4.78, 5) is 2.52. The third kappa shape index (κ3) is 4.44. The van der Waals surface area contributed by atoms with Crippen molar-refractivity contribution in [2.75, 3.05) is 32.7 Å². The van der Waals surface area contributed by atoms with Crippen molar-refractivity contribution < 1.29 is 5.11 Å². The van der Waals surface area contributed by atoms with Crippen LogP contribution in [0.15, 0.2) is 0 Å². The molecule has 112 valence electrons. The van der Waals surface area contributed by atoms with E-state index in [1.807, 2.05) is 0 Å². The summed E-state index contributed by atoms with van der Waals surface area (Å²) >= 11 is 0. The molecule has 1 heterocycles. The average Bonchev–Trinajstić information content (AvgIpc) is 2.36. The molecule has 19 heavy (non-hydrogen) atoms. The van der Waals surface area contributed by atoms with Gasteiger partial charge in [0.05, 0.1) is 6.10 Å². The smallest absolute Gasteiger partial charge is 0.0667 e. The summed E-state index contributed by atoms with van der Waals surface area (Å²) in [6.45, 7) is 10.1. The number of piperidine rings is 1. The largest absolute Gasteiger partial charge is 0.392 e. The zero-order valence-electron chi connectivity index (χ0n) is 12.8. The van der Waals surface area contributed by atoms with E-state index in [4.69, 9.17) is 0 Å². The standard InChI is InChI=1S/C16H32N2O/c1-3-17-12-16(8-4-6-14(2)10-16)13-18-9-5-7-15(19)11-18/h14-15,17,19H,3-13H2,1-2H3. The first-order chi connectivity index (χ1) is 9.13. The molecule has 2 fully saturated rings. The van der Waals surface area contributed by atoms with Crippen LogP contribution in [-0.2, 0) is 0 Å². The highest BCUT2D eigenvalue weighted by molar-refractivity contribution is 4.91. The normalized spacial score (nSPS) is 37.4. The van der Waals surface area contributed by atoms with Crippen LogP contribution in [-0.4, -0.2) is 48.8 Å². The van der Waals surface area contributed by atoms with Gasteiger partial charge in [-0.1, -0.05) is 26.7 Å². The van der Waals surface area contributed by atoms with E-state index in [1.165, 1.54) is 38.8 Å². The fourth-order valence-corrected chi connectivity index (χ4v) is 4.17. The average molecular weight is 268 g/mol. The summed E-state index contributed by atoms with van der Waals surface area (Å²) in [7, 11) is 0. The quantitative estimate of drug-likeness (QED) is 0.803. The first-order valence-electron chi connectivity index (χ1n) is 8.25. The molecule has 3 unspecified atom stereocenters. The van der Waals surface area contributed by atoms with E-state index in [-0.39, 0.29) is 6.10 Å². The van der Waals surface area contributed by atoms with Crippen molar-refractivity contribution in [3.05, 3.63) is 0 Å². The summed E-state index contributed by atoms with van der Waals surface area (Å²) in [6, 6.07) is 0. The molecule has 0 bridgehead atoms. The van der Waals surface area contributed by atoms with Crippen LogP contribution in [0.3, 0.4) is 0 Å². The SMILES string of the molecule is CCNCC1(CN2CCCC(O)C2)CCCC(C)C1. The zero-order valence-corrected chi connectivity index (χ0v) is 12.8. The molecule has 1 saturated carbocycles. The number of β-amino-alcohol motifs (C(OH)–C–C–N with tert-alkyl or cyclic N) is 1. The van der Waals surface area contributed by atoms with Crippen LogP contribution in [0.25, 0.3) is 0 Å². The number of aliphatic hydroxyl groups is 1. The van der Waals surface area contributed by atoms with Crippen molar-refractivity contribution >= 4 is 0 Å². The highest BCUT2D eigenvalue weighted by atomic mass is 16.3. The van der Waals surface area contributed by atoms with Crippen LogP contribution in [0.2, 0.25) is 0 Å². The number of aliphatic hydroxyl groups excluding tert-OH is 1. The molecular formula is C16H32N2O. The third-order valence-electron chi connectivity index (χ3n) is 4.98. The first-order valence-corrected chi connectivity index (χ1v) is 8.25. The zero-order chi connectivity index (χ0) is 13.7. The van der Waals surface area contributed by atoms with E-state index in [0.717, 1.165) is 38.4 Å². The maximum Gasteiger partial charge on any atom is 0.0667 e. The Hall–Kier alpha value is -0.120. The molecule has 0 aromatic carbocycles. The predicted molar refractivity (Wildman–Crippen MR) is 80.3 cm³/mol. The lowest BCUT2D eigenvalue weighted by Gasteiger charge is -2.45. The summed E-state index contributed by atoms with van der Waals surface area (Å²) < 4.78 is 0. The second-order valence-electron chi connectivity index (χ2n) is 7.01. The molecule has 2 rings (SSSR count). The topological polar surface area (TPSA) is 35.5 Å². The van der Waals surface area contributed by atoms with Gasteiger partial charge < -0.3 is 15.3 Å². The molecule has 2 aliphatic rings. The molecule has 3 nitrogen and oxygen atoms in total. The highest BCUT2D eigenvalue weighted by Gasteiger charge is 2.36. The molecule has 1 saturated heterocycles. The fourth-order valence-electron chi connectivity index (χ4n) is 4.17. The van der Waals surface area contributed by atoms with E-state index >= 15 is 0 Å². The van der Waals surface area contributed by atoms with Crippen LogP contribution >= 0.6 is 0 Å². The van der Waals surface area contributed by atoms with Crippen LogP contribution in [0.4, 0.5) is 0 Å². The number of nitrogens with zero attached hydrogens (tertiary/aromatic N) is 1. The van der Waals surface area contributed by atoms with Gasteiger partial charge in [-0.25, -0.2) is 0 Å². The lowest BCUT2D eigenvalue weighted by molar-refractivity contribution is 0.0234. The number of nitrogens with one attached hydrogen (secondary N) is 1. The summed E-state index contributed by atoms with van der Waals surface area (Å²) in [5.41, 5.74) is 0.449. The molecule has 0 aromatic heterocycles. The van der Waals surface area contributed by atoms with Gasteiger partial charge in [0.15, 0.2) is 0 Å². The predicted octanol–water partition coefficient (Wildman–Crippen LogP) is 2.25. The van der Waals surface area contributed by atoms with Gasteiger partial charge in [0.1, 0.15) is 0 Å². The molecule has 1 aliphatic carbocycles. The molecule has 0 spiro atoms. The Kier molecular flexibility index (Phi) is 5.67. The van der Waals surface area contributed by atoms with Gasteiger partial charge in [-0.05, 0) is 50.1 Å². The van der Waals surface area contributed by atoms with Crippen LogP contribution < -0.4 is 5.32 Å². The number of likely N-dealkylation sites (tertiary alicyclic amines) is 1. The second-order valence-corrected chi connectivity index (χ2v) is 7.01. The van der Waals surface area contributed by atoms with E-state index in [9.17, 15) is 5.11 Å². The van der Waals surface area contributed by atoms with Crippen LogP contribution in [0, 0.1) is 11.3 Å². The Morgan fingerprint density at radius 1 is 1.32 bits per heavy atom. The Morgan fingerprint density at radius 2 is 2.16 bits per heavy atom. The second kappa shape index (κ2) is 7.05. The van der Waals surface area contributed by atoms with Gasteiger partial charge in [0.2, 0.25) is 0 Å². The lowest BCUT2D eigenvalue weighted by Crippen LogP contribution is -2.50. The maximum atomic E-state index is 9.86. The molecular weight excluding hydrogens is 236 g/mol. The summed E-state index contributed by atoms with van der Waals surface area (Å²) in [6.07, 6.45) is 7.55. The molecule has 2 N–H and O–H groups in total. The van der Waals surface area contributed by atoms with Crippen molar-refractivity contribution in [3.63, 3.8) is 0 Å². The maximum absolute atomic E-state index is 9.86. The van der Waals surface area contributed by atoms with E-state index in [2.05, 4.69) is 24.1 Å². The number of hydrogen-bond donors (Lipinski definition) is 2. The molecule has 0 amide bonds. The Labute approximate surface area is 118 Å². The van der Waals surface area contributed by atoms with Crippen molar-refractivity contribution in [2.45, 2.75) is 58.5 Å². The van der Waals surface area contributed by atoms with Crippen LogP contribution in [0.5, 0.6) is 0 Å².